The number of carbonyl (C=O) groups is 2. The summed E-state index contributed by atoms with van der Waals surface area (Å²) in [5.41, 5.74) is 6.55. The minimum atomic E-state index is -1.09. The minimum Gasteiger partial charge on any atom is -0.490 e. The van der Waals surface area contributed by atoms with Crippen LogP contribution in [0.25, 0.3) is 0 Å². The van der Waals surface area contributed by atoms with Gasteiger partial charge in [0.25, 0.3) is 5.91 Å². The summed E-state index contributed by atoms with van der Waals surface area (Å²) in [5.74, 6) is -1.08. The number of amides is 1. The van der Waals surface area contributed by atoms with Crippen molar-refractivity contribution in [3.05, 3.63) is 51.5 Å². The Hall–Kier alpha value is -2.64. The van der Waals surface area contributed by atoms with E-state index in [4.69, 9.17) is 43.5 Å². The molecule has 27 heavy (non-hydrogen) atoms. The lowest BCUT2D eigenvalue weighted by Gasteiger charge is -2.15. The van der Waals surface area contributed by atoms with Crippen molar-refractivity contribution >= 4 is 40.8 Å². The molecule has 0 aliphatic rings. The number of primary amides is 1. The number of anilines is 1. The summed E-state index contributed by atoms with van der Waals surface area (Å²) in [4.78, 5) is 21.9. The third-order valence-corrected chi connectivity index (χ3v) is 4.02. The SMILES string of the molecule is CCOc1cc(CNc2ccc(C(=O)O)c(Cl)c2)cc(Cl)c1OCC(N)=O. The summed E-state index contributed by atoms with van der Waals surface area (Å²) in [6.45, 7) is 2.25. The van der Waals surface area contributed by atoms with Gasteiger partial charge >= 0.3 is 5.97 Å². The van der Waals surface area contributed by atoms with E-state index in [0.717, 1.165) is 5.56 Å². The molecule has 2 aromatic carbocycles. The van der Waals surface area contributed by atoms with Crippen LogP contribution < -0.4 is 20.5 Å². The number of aromatic carboxylic acids is 1. The zero-order chi connectivity index (χ0) is 20.0. The van der Waals surface area contributed by atoms with E-state index >= 15 is 0 Å². The first-order chi connectivity index (χ1) is 12.8. The van der Waals surface area contributed by atoms with Gasteiger partial charge in [-0.1, -0.05) is 23.2 Å². The van der Waals surface area contributed by atoms with Crippen molar-refractivity contribution in [3.63, 3.8) is 0 Å². The van der Waals surface area contributed by atoms with E-state index in [1.807, 2.05) is 6.92 Å². The van der Waals surface area contributed by atoms with E-state index in [1.165, 1.54) is 12.1 Å². The molecule has 0 saturated carbocycles. The van der Waals surface area contributed by atoms with Crippen molar-refractivity contribution in [1.82, 2.24) is 0 Å². The first-order valence-corrected chi connectivity index (χ1v) is 8.70. The zero-order valence-electron chi connectivity index (χ0n) is 14.4. The van der Waals surface area contributed by atoms with Crippen LogP contribution in [-0.4, -0.2) is 30.2 Å². The van der Waals surface area contributed by atoms with Crippen LogP contribution in [-0.2, 0) is 11.3 Å². The number of nitrogens with two attached hydrogens (primary N) is 1. The number of nitrogens with one attached hydrogen (secondary N) is 1. The molecule has 4 N–H and O–H groups in total. The van der Waals surface area contributed by atoms with E-state index in [0.29, 0.717) is 24.6 Å². The topological polar surface area (TPSA) is 111 Å². The molecule has 0 bridgehead atoms. The second kappa shape index (κ2) is 9.34. The Labute approximate surface area is 166 Å². The molecule has 0 atom stereocenters. The Bertz CT molecular complexity index is 858. The normalized spacial score (nSPS) is 10.3. The molecule has 0 aromatic heterocycles. The Balaban J connectivity index is 2.17. The number of carbonyl (C=O) groups excluding carboxylic acids is 1. The molecule has 0 aliphatic heterocycles. The Kier molecular flexibility index (Phi) is 7.15. The van der Waals surface area contributed by atoms with Crippen molar-refractivity contribution < 1.29 is 24.2 Å². The zero-order valence-corrected chi connectivity index (χ0v) is 15.9. The molecule has 0 radical (unpaired) electrons. The molecule has 1 amide bonds. The first kappa shape index (κ1) is 20.7. The Morgan fingerprint density at radius 3 is 2.48 bits per heavy atom. The van der Waals surface area contributed by atoms with Crippen LogP contribution in [0, 0.1) is 0 Å². The van der Waals surface area contributed by atoms with Crippen LogP contribution in [0.4, 0.5) is 5.69 Å². The van der Waals surface area contributed by atoms with Gasteiger partial charge in [0.1, 0.15) is 0 Å². The number of rotatable bonds is 9. The van der Waals surface area contributed by atoms with E-state index < -0.39 is 11.9 Å². The fourth-order valence-corrected chi connectivity index (χ4v) is 2.82. The van der Waals surface area contributed by atoms with Gasteiger partial charge in [-0.3, -0.25) is 4.79 Å². The quantitative estimate of drug-likeness (QED) is 0.580. The third kappa shape index (κ3) is 5.67. The van der Waals surface area contributed by atoms with Crippen molar-refractivity contribution in [2.45, 2.75) is 13.5 Å². The van der Waals surface area contributed by atoms with Crippen LogP contribution in [0.3, 0.4) is 0 Å². The molecular formula is C18H18Cl2N2O5. The molecule has 144 valence electrons. The molecule has 0 fully saturated rings. The molecule has 0 unspecified atom stereocenters. The summed E-state index contributed by atoms with van der Waals surface area (Å²) in [6, 6.07) is 7.96. The molecule has 9 heteroatoms. The third-order valence-electron chi connectivity index (χ3n) is 3.42. The highest BCUT2D eigenvalue weighted by Crippen LogP contribution is 2.37. The smallest absolute Gasteiger partial charge is 0.337 e. The fourth-order valence-electron chi connectivity index (χ4n) is 2.27. The molecule has 2 rings (SSSR count). The molecule has 7 nitrogen and oxygen atoms in total. The number of carboxylic acids is 1. The predicted molar refractivity (Wildman–Crippen MR) is 103 cm³/mol. The highest BCUT2D eigenvalue weighted by atomic mass is 35.5. The van der Waals surface area contributed by atoms with Crippen LogP contribution in [0.2, 0.25) is 10.0 Å². The van der Waals surface area contributed by atoms with Crippen LogP contribution in [0.15, 0.2) is 30.3 Å². The first-order valence-electron chi connectivity index (χ1n) is 7.94. The van der Waals surface area contributed by atoms with Gasteiger partial charge in [-0.25, -0.2) is 4.79 Å². The second-order valence-electron chi connectivity index (χ2n) is 5.45. The molecule has 0 aliphatic carbocycles. The molecule has 0 spiro atoms. The van der Waals surface area contributed by atoms with Crippen molar-refractivity contribution in [2.24, 2.45) is 5.73 Å². The minimum absolute atomic E-state index is 0.0276. The number of ether oxygens (including phenoxy) is 2. The molecule has 0 saturated heterocycles. The van der Waals surface area contributed by atoms with E-state index in [9.17, 15) is 9.59 Å². The van der Waals surface area contributed by atoms with E-state index in [1.54, 1.807) is 18.2 Å². The molecular weight excluding hydrogens is 395 g/mol. The fraction of sp³-hybridized carbons (Fsp3) is 0.222. The maximum Gasteiger partial charge on any atom is 0.337 e. The van der Waals surface area contributed by atoms with Crippen LogP contribution in [0.1, 0.15) is 22.8 Å². The standard InChI is InChI=1S/C18H18Cl2N2O5/c1-2-26-15-6-10(5-14(20)17(15)27-9-16(21)23)8-22-11-3-4-12(18(24)25)13(19)7-11/h3-7,22H,2,8-9H2,1H3,(H2,21,23)(H,24,25). The van der Waals surface area contributed by atoms with Gasteiger partial charge in [0.05, 0.1) is 22.2 Å². The van der Waals surface area contributed by atoms with Crippen LogP contribution in [0.5, 0.6) is 11.5 Å². The highest BCUT2D eigenvalue weighted by molar-refractivity contribution is 6.33. The van der Waals surface area contributed by atoms with Crippen molar-refractivity contribution in [3.8, 4) is 11.5 Å². The number of hydrogen-bond donors (Lipinski definition) is 3. The number of carboxylic acid groups (broad SMARTS) is 1. The highest BCUT2D eigenvalue weighted by Gasteiger charge is 2.14. The van der Waals surface area contributed by atoms with Gasteiger partial charge in [-0.05, 0) is 42.8 Å². The summed E-state index contributed by atoms with van der Waals surface area (Å²) >= 11 is 12.2. The van der Waals surface area contributed by atoms with E-state index in [2.05, 4.69) is 5.32 Å². The summed E-state index contributed by atoms with van der Waals surface area (Å²) in [6.07, 6.45) is 0. The lowest BCUT2D eigenvalue weighted by atomic mass is 10.1. The van der Waals surface area contributed by atoms with Gasteiger partial charge in [0, 0.05) is 12.2 Å². The average molecular weight is 413 g/mol. The number of hydrogen-bond acceptors (Lipinski definition) is 5. The summed E-state index contributed by atoms with van der Waals surface area (Å²) < 4.78 is 10.9. The van der Waals surface area contributed by atoms with Crippen molar-refractivity contribution in [1.29, 1.82) is 0 Å². The van der Waals surface area contributed by atoms with E-state index in [-0.39, 0.29) is 28.0 Å². The number of benzene rings is 2. The number of halogens is 2. The molecule has 2 aromatic rings. The molecule has 0 heterocycles. The lowest BCUT2D eigenvalue weighted by molar-refractivity contribution is -0.119. The summed E-state index contributed by atoms with van der Waals surface area (Å²) in [5, 5.41) is 12.5. The average Bonchev–Trinajstić information content (AvgIpc) is 2.59. The summed E-state index contributed by atoms with van der Waals surface area (Å²) in [7, 11) is 0. The Morgan fingerprint density at radius 2 is 1.89 bits per heavy atom. The van der Waals surface area contributed by atoms with Gasteiger partial charge in [-0.15, -0.1) is 0 Å². The van der Waals surface area contributed by atoms with Crippen LogP contribution >= 0.6 is 23.2 Å². The Morgan fingerprint density at radius 1 is 1.15 bits per heavy atom. The predicted octanol–water partition coefficient (Wildman–Crippen LogP) is 3.57. The van der Waals surface area contributed by atoms with Crippen molar-refractivity contribution in [2.75, 3.05) is 18.5 Å². The van der Waals surface area contributed by atoms with Gasteiger partial charge in [0.2, 0.25) is 0 Å². The van der Waals surface area contributed by atoms with Gasteiger partial charge in [0.15, 0.2) is 18.1 Å². The second-order valence-corrected chi connectivity index (χ2v) is 6.26. The lowest BCUT2D eigenvalue weighted by Crippen LogP contribution is -2.20. The largest absolute Gasteiger partial charge is 0.490 e. The maximum absolute atomic E-state index is 11.0. The van der Waals surface area contributed by atoms with Gasteiger partial charge < -0.3 is 25.6 Å². The monoisotopic (exact) mass is 412 g/mol. The van der Waals surface area contributed by atoms with Gasteiger partial charge in [-0.2, -0.15) is 0 Å². The maximum atomic E-state index is 11.0.